The third-order valence-electron chi connectivity index (χ3n) is 4.74. The number of amides is 1. The van der Waals surface area contributed by atoms with E-state index < -0.39 is 36.2 Å². The number of carboxylic acid groups (broad SMARTS) is 2. The monoisotopic (exact) mass is 535 g/mol. The van der Waals surface area contributed by atoms with Crippen LogP contribution in [0.15, 0.2) is 78.9 Å². The molecule has 204 valence electrons. The summed E-state index contributed by atoms with van der Waals surface area (Å²) in [5.74, 6) is -4.31. The van der Waals surface area contributed by atoms with Crippen molar-refractivity contribution in [3.05, 3.63) is 101 Å². The smallest absolute Gasteiger partial charge is 0.479 e. The van der Waals surface area contributed by atoms with E-state index in [0.717, 1.165) is 16.8 Å². The highest BCUT2D eigenvalue weighted by molar-refractivity contribution is 5.97. The first kappa shape index (κ1) is 31.6. The standard InChI is InChI=1S/C16H16N2O3.C8H11NO.C2HF3O2/c17-10-11-5-4-8-13(9-11)15(19)18-14(16(20)21)12-6-2-1-3-7-12;1-6(10)7-2-4-8(9)5-3-7;3-2(4,5)1(6)7/h1-9,14H,10,17H2,(H,18,19)(H,20,21);2-6,10H,9H2,1H3;(H,6,7)/t14-;;/m1../s1. The van der Waals surface area contributed by atoms with Crippen molar-refractivity contribution in [1.82, 2.24) is 5.32 Å². The van der Waals surface area contributed by atoms with Crippen molar-refractivity contribution in [2.24, 2.45) is 5.73 Å². The van der Waals surface area contributed by atoms with Crippen molar-refractivity contribution in [3.8, 4) is 0 Å². The van der Waals surface area contributed by atoms with Gasteiger partial charge in [0.2, 0.25) is 0 Å². The highest BCUT2D eigenvalue weighted by atomic mass is 19.4. The lowest BCUT2D eigenvalue weighted by Crippen LogP contribution is -2.33. The molecule has 12 heteroatoms. The molecule has 8 N–H and O–H groups in total. The molecule has 0 fully saturated rings. The third kappa shape index (κ3) is 11.1. The first-order valence-corrected chi connectivity index (χ1v) is 11.0. The maximum Gasteiger partial charge on any atom is 0.490 e. The second-order valence-corrected chi connectivity index (χ2v) is 7.71. The number of hydrogen-bond acceptors (Lipinski definition) is 6. The molecule has 0 saturated heterocycles. The number of aliphatic hydroxyl groups excluding tert-OH is 1. The number of aliphatic carboxylic acids is 2. The molecule has 0 radical (unpaired) electrons. The number of anilines is 1. The topological polar surface area (TPSA) is 176 Å². The summed E-state index contributed by atoms with van der Waals surface area (Å²) in [4.78, 5) is 32.4. The number of carbonyl (C=O) groups excluding carboxylic acids is 1. The second-order valence-electron chi connectivity index (χ2n) is 7.71. The largest absolute Gasteiger partial charge is 0.490 e. The van der Waals surface area contributed by atoms with Crippen LogP contribution in [0.1, 0.15) is 46.1 Å². The van der Waals surface area contributed by atoms with Crippen LogP contribution in [0.2, 0.25) is 0 Å². The molecule has 0 aromatic heterocycles. The minimum atomic E-state index is -5.08. The molecule has 0 spiro atoms. The lowest BCUT2D eigenvalue weighted by Gasteiger charge is -2.15. The van der Waals surface area contributed by atoms with Crippen LogP contribution < -0.4 is 16.8 Å². The molecular formula is C26H28F3N3O6. The number of alkyl halides is 3. The van der Waals surface area contributed by atoms with Crippen LogP contribution in [-0.2, 0) is 16.1 Å². The van der Waals surface area contributed by atoms with Gasteiger partial charge in [-0.25, -0.2) is 9.59 Å². The predicted octanol–water partition coefficient (Wildman–Crippen LogP) is 3.66. The Labute approximate surface area is 216 Å². The van der Waals surface area contributed by atoms with Gasteiger partial charge in [0.1, 0.15) is 0 Å². The number of nitrogens with one attached hydrogen (secondary N) is 1. The quantitative estimate of drug-likeness (QED) is 0.259. The maximum absolute atomic E-state index is 12.2. The first-order chi connectivity index (χ1) is 17.8. The number of benzene rings is 3. The molecule has 0 aliphatic heterocycles. The normalized spacial score (nSPS) is 11.9. The van der Waals surface area contributed by atoms with Gasteiger partial charge in [0, 0.05) is 17.8 Å². The van der Waals surface area contributed by atoms with Crippen LogP contribution in [-0.4, -0.2) is 39.3 Å². The van der Waals surface area contributed by atoms with E-state index in [4.69, 9.17) is 26.5 Å². The number of halogens is 3. The molecule has 9 nitrogen and oxygen atoms in total. The SMILES string of the molecule is CC(O)c1ccc(N)cc1.NCc1cccc(C(=O)N[C@@H](C(=O)O)c2ccccc2)c1.O=C(O)C(F)(F)F. The molecule has 2 atom stereocenters. The zero-order chi connectivity index (χ0) is 28.9. The Bertz CT molecular complexity index is 1190. The lowest BCUT2D eigenvalue weighted by atomic mass is 10.1. The molecule has 0 aliphatic carbocycles. The zero-order valence-electron chi connectivity index (χ0n) is 20.2. The van der Waals surface area contributed by atoms with Crippen LogP contribution in [0.3, 0.4) is 0 Å². The summed E-state index contributed by atoms with van der Waals surface area (Å²) < 4.78 is 31.7. The summed E-state index contributed by atoms with van der Waals surface area (Å²) in [6.45, 7) is 2.05. The fraction of sp³-hybridized carbons (Fsp3) is 0.192. The van der Waals surface area contributed by atoms with Crippen molar-refractivity contribution in [2.45, 2.75) is 31.8 Å². The second kappa shape index (κ2) is 15.0. The number of aliphatic hydroxyl groups is 1. The van der Waals surface area contributed by atoms with Gasteiger partial charge >= 0.3 is 18.1 Å². The van der Waals surface area contributed by atoms with Gasteiger partial charge in [-0.05, 0) is 47.9 Å². The van der Waals surface area contributed by atoms with E-state index in [1.54, 1.807) is 67.6 Å². The van der Waals surface area contributed by atoms with E-state index in [1.165, 1.54) is 0 Å². The van der Waals surface area contributed by atoms with E-state index in [0.29, 0.717) is 17.7 Å². The molecule has 0 bridgehead atoms. The highest BCUT2D eigenvalue weighted by Crippen LogP contribution is 2.15. The van der Waals surface area contributed by atoms with Crippen LogP contribution >= 0.6 is 0 Å². The van der Waals surface area contributed by atoms with Crippen molar-refractivity contribution >= 4 is 23.5 Å². The summed E-state index contributed by atoms with van der Waals surface area (Å²) in [5, 5.41) is 28.0. The Hall–Kier alpha value is -4.42. The molecular weight excluding hydrogens is 507 g/mol. The molecule has 0 heterocycles. The van der Waals surface area contributed by atoms with Crippen LogP contribution in [0, 0.1) is 0 Å². The van der Waals surface area contributed by atoms with E-state index >= 15 is 0 Å². The average Bonchev–Trinajstić information content (AvgIpc) is 2.88. The number of hydrogen-bond donors (Lipinski definition) is 6. The fourth-order valence-corrected chi connectivity index (χ4v) is 2.76. The first-order valence-electron chi connectivity index (χ1n) is 11.0. The van der Waals surface area contributed by atoms with Crippen molar-refractivity contribution in [3.63, 3.8) is 0 Å². The summed E-state index contributed by atoms with van der Waals surface area (Å²) in [6, 6.07) is 21.5. The van der Waals surface area contributed by atoms with Crippen LogP contribution in [0.25, 0.3) is 0 Å². The molecule has 3 rings (SSSR count). The van der Waals surface area contributed by atoms with E-state index in [9.17, 15) is 27.9 Å². The molecule has 0 aliphatic rings. The lowest BCUT2D eigenvalue weighted by molar-refractivity contribution is -0.192. The number of nitrogens with two attached hydrogens (primary N) is 2. The minimum Gasteiger partial charge on any atom is -0.479 e. The molecule has 1 unspecified atom stereocenters. The molecule has 3 aromatic carbocycles. The van der Waals surface area contributed by atoms with Gasteiger partial charge in [-0.3, -0.25) is 4.79 Å². The molecule has 1 amide bonds. The zero-order valence-corrected chi connectivity index (χ0v) is 20.2. The summed E-state index contributed by atoms with van der Waals surface area (Å²) in [6.07, 6.45) is -5.49. The summed E-state index contributed by atoms with van der Waals surface area (Å²) >= 11 is 0. The average molecular weight is 536 g/mol. The molecule has 38 heavy (non-hydrogen) atoms. The number of nitrogen functional groups attached to an aromatic ring is 1. The van der Waals surface area contributed by atoms with Crippen molar-refractivity contribution < 1.29 is 42.9 Å². The van der Waals surface area contributed by atoms with Gasteiger partial charge < -0.3 is 32.1 Å². The Kier molecular flexibility index (Phi) is 12.5. The van der Waals surface area contributed by atoms with Crippen LogP contribution in [0.4, 0.5) is 18.9 Å². The van der Waals surface area contributed by atoms with E-state index in [1.807, 2.05) is 18.2 Å². The third-order valence-corrected chi connectivity index (χ3v) is 4.74. The molecule has 3 aromatic rings. The van der Waals surface area contributed by atoms with Crippen molar-refractivity contribution in [1.29, 1.82) is 0 Å². The maximum atomic E-state index is 12.2. The van der Waals surface area contributed by atoms with E-state index in [-0.39, 0.29) is 0 Å². The van der Waals surface area contributed by atoms with Gasteiger partial charge in [-0.2, -0.15) is 13.2 Å². The minimum absolute atomic E-state index is 0.322. The summed E-state index contributed by atoms with van der Waals surface area (Å²) in [7, 11) is 0. The van der Waals surface area contributed by atoms with Gasteiger partial charge in [-0.15, -0.1) is 0 Å². The Morgan fingerprint density at radius 3 is 1.89 bits per heavy atom. The van der Waals surface area contributed by atoms with Gasteiger partial charge in [-0.1, -0.05) is 54.6 Å². The van der Waals surface area contributed by atoms with Crippen LogP contribution in [0.5, 0.6) is 0 Å². The Balaban J connectivity index is 0.000000351. The number of rotatable bonds is 6. The van der Waals surface area contributed by atoms with Crippen molar-refractivity contribution in [2.75, 3.05) is 5.73 Å². The predicted molar refractivity (Wildman–Crippen MR) is 134 cm³/mol. The van der Waals surface area contributed by atoms with Gasteiger partial charge in [0.05, 0.1) is 6.10 Å². The Morgan fingerprint density at radius 2 is 1.45 bits per heavy atom. The fourth-order valence-electron chi connectivity index (χ4n) is 2.76. The Morgan fingerprint density at radius 1 is 0.895 bits per heavy atom. The van der Waals surface area contributed by atoms with Gasteiger partial charge in [0.25, 0.3) is 5.91 Å². The van der Waals surface area contributed by atoms with E-state index in [2.05, 4.69) is 5.32 Å². The van der Waals surface area contributed by atoms with Gasteiger partial charge in [0.15, 0.2) is 6.04 Å². The molecule has 0 saturated carbocycles. The summed E-state index contributed by atoms with van der Waals surface area (Å²) in [5.41, 5.74) is 14.3. The number of carboxylic acids is 2. The number of carbonyl (C=O) groups is 3. The highest BCUT2D eigenvalue weighted by Gasteiger charge is 2.38.